The lowest BCUT2D eigenvalue weighted by Gasteiger charge is -2.28. The molecular formula is C16H19F3N2O5. The van der Waals surface area contributed by atoms with Gasteiger partial charge in [-0.25, -0.2) is 9.59 Å². The van der Waals surface area contributed by atoms with Crippen molar-refractivity contribution in [3.8, 4) is 0 Å². The summed E-state index contributed by atoms with van der Waals surface area (Å²) < 4.78 is 42.8. The van der Waals surface area contributed by atoms with Gasteiger partial charge in [0.05, 0.1) is 23.9 Å². The van der Waals surface area contributed by atoms with Crippen molar-refractivity contribution >= 4 is 23.7 Å². The van der Waals surface area contributed by atoms with E-state index in [0.29, 0.717) is 4.90 Å². The monoisotopic (exact) mass is 376 g/mol. The maximum absolute atomic E-state index is 12.7. The standard InChI is InChI=1S/C16H19F3N2O5/c1-5-26-15(25)20-12-8(2)10(13(22)23)6-7-11(12)9(3)21(4)14(24)16(17,18)19/h6-7,9H,5H2,1-4H3,(H,20,25)(H,22,23). The number of nitrogens with zero attached hydrogens (tertiary/aromatic N) is 1. The van der Waals surface area contributed by atoms with Crippen LogP contribution in [0.3, 0.4) is 0 Å². The molecular weight excluding hydrogens is 357 g/mol. The predicted octanol–water partition coefficient (Wildman–Crippen LogP) is 3.34. The molecule has 0 spiro atoms. The molecule has 0 heterocycles. The molecule has 1 unspecified atom stereocenters. The lowest BCUT2D eigenvalue weighted by Crippen LogP contribution is -2.40. The van der Waals surface area contributed by atoms with Crippen LogP contribution in [0.4, 0.5) is 23.7 Å². The van der Waals surface area contributed by atoms with E-state index in [9.17, 15) is 32.7 Å². The van der Waals surface area contributed by atoms with Crippen molar-refractivity contribution in [2.75, 3.05) is 19.0 Å². The van der Waals surface area contributed by atoms with Gasteiger partial charge in [0, 0.05) is 7.05 Å². The van der Waals surface area contributed by atoms with Gasteiger partial charge in [-0.05, 0) is 38.0 Å². The van der Waals surface area contributed by atoms with Gasteiger partial charge in [-0.1, -0.05) is 6.07 Å². The average Bonchev–Trinajstić information content (AvgIpc) is 2.53. The molecule has 1 aromatic carbocycles. The molecule has 1 aromatic rings. The largest absolute Gasteiger partial charge is 0.478 e. The molecule has 2 amide bonds. The van der Waals surface area contributed by atoms with Crippen molar-refractivity contribution in [3.05, 3.63) is 28.8 Å². The minimum Gasteiger partial charge on any atom is -0.478 e. The molecule has 0 fully saturated rings. The zero-order chi connectivity index (χ0) is 20.2. The minimum absolute atomic E-state index is 0.0160. The third-order valence-electron chi connectivity index (χ3n) is 3.82. The van der Waals surface area contributed by atoms with Gasteiger partial charge in [0.15, 0.2) is 0 Å². The van der Waals surface area contributed by atoms with Crippen molar-refractivity contribution in [2.45, 2.75) is 33.0 Å². The topological polar surface area (TPSA) is 95.9 Å². The molecule has 1 atom stereocenters. The number of carboxylic acid groups (broad SMARTS) is 1. The molecule has 0 aliphatic rings. The number of hydrogen-bond donors (Lipinski definition) is 2. The number of carbonyl (C=O) groups excluding carboxylic acids is 2. The summed E-state index contributed by atoms with van der Waals surface area (Å²) in [7, 11) is 0.967. The van der Waals surface area contributed by atoms with Crippen molar-refractivity contribution < 1.29 is 37.4 Å². The molecule has 0 aromatic heterocycles. The molecule has 0 bridgehead atoms. The highest BCUT2D eigenvalue weighted by molar-refractivity contribution is 5.95. The van der Waals surface area contributed by atoms with Crippen molar-refractivity contribution in [1.82, 2.24) is 4.90 Å². The highest BCUT2D eigenvalue weighted by atomic mass is 19.4. The number of aromatic carboxylic acids is 1. The Labute approximate surface area is 147 Å². The number of alkyl halides is 3. The first-order valence-electron chi connectivity index (χ1n) is 7.56. The van der Waals surface area contributed by atoms with Crippen LogP contribution in [-0.4, -0.2) is 47.8 Å². The molecule has 0 saturated heterocycles. The number of amides is 2. The molecule has 144 valence electrons. The number of carboxylic acids is 1. The Bertz CT molecular complexity index is 719. The van der Waals surface area contributed by atoms with Crippen LogP contribution >= 0.6 is 0 Å². The summed E-state index contributed by atoms with van der Waals surface area (Å²) in [5, 5.41) is 11.5. The summed E-state index contributed by atoms with van der Waals surface area (Å²) >= 11 is 0. The molecule has 0 aliphatic carbocycles. The van der Waals surface area contributed by atoms with Crippen LogP contribution in [0.1, 0.15) is 41.4 Å². The van der Waals surface area contributed by atoms with Crippen LogP contribution in [0.25, 0.3) is 0 Å². The lowest BCUT2D eigenvalue weighted by atomic mass is 9.97. The number of hydrogen-bond acceptors (Lipinski definition) is 4. The Morgan fingerprint density at radius 2 is 1.88 bits per heavy atom. The maximum Gasteiger partial charge on any atom is 0.471 e. The van der Waals surface area contributed by atoms with E-state index in [1.165, 1.54) is 26.0 Å². The number of halogens is 3. The first kappa shape index (κ1) is 21.3. The van der Waals surface area contributed by atoms with E-state index in [0.717, 1.165) is 7.05 Å². The minimum atomic E-state index is -5.06. The fourth-order valence-electron chi connectivity index (χ4n) is 2.33. The van der Waals surface area contributed by atoms with E-state index in [1.807, 2.05) is 0 Å². The second kappa shape index (κ2) is 8.07. The number of ether oxygens (including phenoxy) is 1. The van der Waals surface area contributed by atoms with E-state index >= 15 is 0 Å². The number of rotatable bonds is 5. The third-order valence-corrected chi connectivity index (χ3v) is 3.82. The molecule has 26 heavy (non-hydrogen) atoms. The molecule has 0 saturated carbocycles. The van der Waals surface area contributed by atoms with E-state index in [-0.39, 0.29) is 29.0 Å². The van der Waals surface area contributed by atoms with Crippen molar-refractivity contribution in [3.63, 3.8) is 0 Å². The van der Waals surface area contributed by atoms with E-state index < -0.39 is 30.2 Å². The van der Waals surface area contributed by atoms with Crippen LogP contribution in [-0.2, 0) is 9.53 Å². The summed E-state index contributed by atoms with van der Waals surface area (Å²) in [5.74, 6) is -3.33. The van der Waals surface area contributed by atoms with Gasteiger partial charge in [-0.2, -0.15) is 13.2 Å². The molecule has 1 rings (SSSR count). The van der Waals surface area contributed by atoms with E-state index in [2.05, 4.69) is 5.32 Å². The number of nitrogens with one attached hydrogen (secondary N) is 1. The van der Waals surface area contributed by atoms with E-state index in [4.69, 9.17) is 4.74 Å². The van der Waals surface area contributed by atoms with Crippen LogP contribution < -0.4 is 5.32 Å². The summed E-state index contributed by atoms with van der Waals surface area (Å²) in [4.78, 5) is 35.0. The first-order chi connectivity index (χ1) is 11.9. The Morgan fingerprint density at radius 1 is 1.31 bits per heavy atom. The normalized spacial score (nSPS) is 12.3. The molecule has 10 heteroatoms. The van der Waals surface area contributed by atoms with Gasteiger partial charge >= 0.3 is 24.1 Å². The van der Waals surface area contributed by atoms with Gasteiger partial charge in [0.1, 0.15) is 0 Å². The third kappa shape index (κ3) is 4.64. The Hall–Kier alpha value is -2.78. The zero-order valence-corrected chi connectivity index (χ0v) is 14.6. The fourth-order valence-corrected chi connectivity index (χ4v) is 2.33. The SMILES string of the molecule is CCOC(=O)Nc1c(C(C)N(C)C(=O)C(F)(F)F)ccc(C(=O)O)c1C. The van der Waals surface area contributed by atoms with Crippen LogP contribution in [0.5, 0.6) is 0 Å². The van der Waals surface area contributed by atoms with Gasteiger partial charge in [-0.3, -0.25) is 10.1 Å². The maximum atomic E-state index is 12.7. The highest BCUT2D eigenvalue weighted by Gasteiger charge is 2.43. The van der Waals surface area contributed by atoms with E-state index in [1.54, 1.807) is 6.92 Å². The average molecular weight is 376 g/mol. The molecule has 7 nitrogen and oxygen atoms in total. The fraction of sp³-hybridized carbons (Fsp3) is 0.438. The van der Waals surface area contributed by atoms with Crippen LogP contribution in [0, 0.1) is 6.92 Å². The second-order valence-electron chi connectivity index (χ2n) is 5.44. The quantitative estimate of drug-likeness (QED) is 0.822. The lowest BCUT2D eigenvalue weighted by molar-refractivity contribution is -0.186. The van der Waals surface area contributed by atoms with Gasteiger partial charge in [0.25, 0.3) is 0 Å². The molecule has 2 N–H and O–H groups in total. The summed E-state index contributed by atoms with van der Waals surface area (Å²) in [6.07, 6.45) is -5.95. The zero-order valence-electron chi connectivity index (χ0n) is 14.6. The number of anilines is 1. The summed E-state index contributed by atoms with van der Waals surface area (Å²) in [5.41, 5.74) is 0.110. The second-order valence-corrected chi connectivity index (χ2v) is 5.44. The van der Waals surface area contributed by atoms with Crippen LogP contribution in [0.15, 0.2) is 12.1 Å². The summed E-state index contributed by atoms with van der Waals surface area (Å²) in [6, 6.07) is 1.36. The number of benzene rings is 1. The van der Waals surface area contributed by atoms with Crippen molar-refractivity contribution in [1.29, 1.82) is 0 Å². The molecule has 0 aliphatic heterocycles. The predicted molar refractivity (Wildman–Crippen MR) is 86.0 cm³/mol. The van der Waals surface area contributed by atoms with Gasteiger partial charge in [-0.15, -0.1) is 0 Å². The highest BCUT2D eigenvalue weighted by Crippen LogP contribution is 2.33. The first-order valence-corrected chi connectivity index (χ1v) is 7.56. The van der Waals surface area contributed by atoms with Gasteiger partial charge in [0.2, 0.25) is 0 Å². The Balaban J connectivity index is 3.40. The van der Waals surface area contributed by atoms with Crippen molar-refractivity contribution in [2.24, 2.45) is 0 Å². The van der Waals surface area contributed by atoms with Gasteiger partial charge < -0.3 is 14.7 Å². The Morgan fingerprint density at radius 3 is 2.35 bits per heavy atom. The summed E-state index contributed by atoms with van der Waals surface area (Å²) in [6.45, 7) is 4.32. The number of carbonyl (C=O) groups is 3. The van der Waals surface area contributed by atoms with Crippen LogP contribution in [0.2, 0.25) is 0 Å². The molecule has 0 radical (unpaired) electrons. The Kier molecular flexibility index (Phi) is 6.60. The smallest absolute Gasteiger partial charge is 0.471 e.